The summed E-state index contributed by atoms with van der Waals surface area (Å²) >= 11 is 0. The minimum Gasteiger partial charge on any atom is -0.310 e. The number of nitrogens with one attached hydrogen (secondary N) is 1. The highest BCUT2D eigenvalue weighted by molar-refractivity contribution is 5.20. The van der Waals surface area contributed by atoms with E-state index in [1.165, 1.54) is 30.4 Å². The first-order valence-corrected chi connectivity index (χ1v) is 6.78. The third kappa shape index (κ3) is 5.31. The van der Waals surface area contributed by atoms with Crippen molar-refractivity contribution in [1.82, 2.24) is 10.3 Å². The van der Waals surface area contributed by atoms with Crippen LogP contribution in [0.1, 0.15) is 57.2 Å². The molecule has 1 aromatic rings. The van der Waals surface area contributed by atoms with Crippen LogP contribution in [0.4, 0.5) is 0 Å². The van der Waals surface area contributed by atoms with Crippen LogP contribution in [0, 0.1) is 12.8 Å². The van der Waals surface area contributed by atoms with Gasteiger partial charge in [0.15, 0.2) is 0 Å². The molecule has 1 heterocycles. The monoisotopic (exact) mass is 234 g/mol. The average Bonchev–Trinajstić information content (AvgIpc) is 2.29. The lowest BCUT2D eigenvalue weighted by Crippen LogP contribution is -2.22. The zero-order chi connectivity index (χ0) is 12.7. The van der Waals surface area contributed by atoms with Crippen LogP contribution < -0.4 is 5.32 Å². The van der Waals surface area contributed by atoms with Crippen LogP contribution in [0.2, 0.25) is 0 Å². The van der Waals surface area contributed by atoms with E-state index in [-0.39, 0.29) is 0 Å². The van der Waals surface area contributed by atoms with Gasteiger partial charge >= 0.3 is 0 Å². The number of hydrogen-bond donors (Lipinski definition) is 1. The third-order valence-corrected chi connectivity index (χ3v) is 2.97. The highest BCUT2D eigenvalue weighted by atomic mass is 14.9. The van der Waals surface area contributed by atoms with Crippen LogP contribution in [0.3, 0.4) is 0 Å². The van der Waals surface area contributed by atoms with Crippen LogP contribution in [0.25, 0.3) is 0 Å². The standard InChI is InChI=1S/C15H26N2/c1-5-8-17-15(7-6-12(2)3)14-9-13(4)10-16-11-14/h9-12,15,17H,5-8H2,1-4H3. The summed E-state index contributed by atoms with van der Waals surface area (Å²) in [6.45, 7) is 9.96. The number of pyridine rings is 1. The summed E-state index contributed by atoms with van der Waals surface area (Å²) in [7, 11) is 0. The van der Waals surface area contributed by atoms with Gasteiger partial charge in [-0.2, -0.15) is 0 Å². The van der Waals surface area contributed by atoms with Gasteiger partial charge in [-0.05, 0) is 49.8 Å². The van der Waals surface area contributed by atoms with Crippen molar-refractivity contribution < 1.29 is 0 Å². The van der Waals surface area contributed by atoms with Gasteiger partial charge in [-0.15, -0.1) is 0 Å². The molecule has 0 aliphatic heterocycles. The molecule has 2 heteroatoms. The molecule has 1 unspecified atom stereocenters. The lowest BCUT2D eigenvalue weighted by Gasteiger charge is -2.20. The zero-order valence-electron chi connectivity index (χ0n) is 11.7. The van der Waals surface area contributed by atoms with Gasteiger partial charge in [-0.3, -0.25) is 4.98 Å². The second-order valence-electron chi connectivity index (χ2n) is 5.27. The van der Waals surface area contributed by atoms with Crippen LogP contribution in [0.15, 0.2) is 18.5 Å². The number of rotatable bonds is 7. The quantitative estimate of drug-likeness (QED) is 0.774. The van der Waals surface area contributed by atoms with E-state index >= 15 is 0 Å². The van der Waals surface area contributed by atoms with Gasteiger partial charge in [0.25, 0.3) is 0 Å². The lowest BCUT2D eigenvalue weighted by molar-refractivity contribution is 0.440. The maximum atomic E-state index is 4.30. The molecule has 0 aliphatic carbocycles. The molecule has 0 spiro atoms. The predicted molar refractivity (Wildman–Crippen MR) is 74.1 cm³/mol. The van der Waals surface area contributed by atoms with Crippen LogP contribution in [0.5, 0.6) is 0 Å². The van der Waals surface area contributed by atoms with Crippen molar-refractivity contribution in [2.24, 2.45) is 5.92 Å². The molecule has 0 radical (unpaired) electrons. The number of aryl methyl sites for hydroxylation is 1. The molecule has 2 nitrogen and oxygen atoms in total. The molecule has 0 aromatic carbocycles. The van der Waals surface area contributed by atoms with E-state index < -0.39 is 0 Å². The Morgan fingerprint density at radius 3 is 2.59 bits per heavy atom. The first-order valence-electron chi connectivity index (χ1n) is 6.78. The molecule has 0 saturated heterocycles. The van der Waals surface area contributed by atoms with Gasteiger partial charge in [0, 0.05) is 18.4 Å². The van der Waals surface area contributed by atoms with Crippen molar-refractivity contribution in [1.29, 1.82) is 0 Å². The highest BCUT2D eigenvalue weighted by Gasteiger charge is 2.11. The summed E-state index contributed by atoms with van der Waals surface area (Å²) in [4.78, 5) is 4.30. The largest absolute Gasteiger partial charge is 0.310 e. The number of hydrogen-bond acceptors (Lipinski definition) is 2. The molecule has 1 N–H and O–H groups in total. The Morgan fingerprint density at radius 2 is 2.00 bits per heavy atom. The minimum absolute atomic E-state index is 0.463. The molecule has 1 rings (SSSR count). The van der Waals surface area contributed by atoms with Gasteiger partial charge in [-0.25, -0.2) is 0 Å². The maximum Gasteiger partial charge on any atom is 0.0335 e. The van der Waals surface area contributed by atoms with E-state index in [0.29, 0.717) is 6.04 Å². The second kappa shape index (κ2) is 7.44. The normalized spacial score (nSPS) is 13.0. The summed E-state index contributed by atoms with van der Waals surface area (Å²) in [5, 5.41) is 3.63. The molecule has 0 saturated carbocycles. The zero-order valence-corrected chi connectivity index (χ0v) is 11.7. The van der Waals surface area contributed by atoms with Gasteiger partial charge in [0.1, 0.15) is 0 Å². The fraction of sp³-hybridized carbons (Fsp3) is 0.667. The summed E-state index contributed by atoms with van der Waals surface area (Å²) in [6, 6.07) is 2.71. The van der Waals surface area contributed by atoms with Gasteiger partial charge in [-0.1, -0.05) is 26.8 Å². The summed E-state index contributed by atoms with van der Waals surface area (Å²) in [5.74, 6) is 0.763. The maximum absolute atomic E-state index is 4.30. The second-order valence-corrected chi connectivity index (χ2v) is 5.27. The van der Waals surface area contributed by atoms with Gasteiger partial charge in [0.2, 0.25) is 0 Å². The summed E-state index contributed by atoms with van der Waals surface area (Å²) in [6.07, 6.45) is 7.55. The summed E-state index contributed by atoms with van der Waals surface area (Å²) < 4.78 is 0. The fourth-order valence-electron chi connectivity index (χ4n) is 1.97. The lowest BCUT2D eigenvalue weighted by atomic mass is 9.98. The average molecular weight is 234 g/mol. The van der Waals surface area contributed by atoms with Crippen molar-refractivity contribution in [3.63, 3.8) is 0 Å². The molecule has 17 heavy (non-hydrogen) atoms. The number of aromatic nitrogens is 1. The van der Waals surface area contributed by atoms with Crippen molar-refractivity contribution in [3.8, 4) is 0 Å². The SMILES string of the molecule is CCCNC(CCC(C)C)c1cncc(C)c1. The molecule has 0 bridgehead atoms. The molecular formula is C15H26N2. The Hall–Kier alpha value is -0.890. The van der Waals surface area contributed by atoms with Crippen LogP contribution in [-0.2, 0) is 0 Å². The first-order chi connectivity index (χ1) is 8.13. The topological polar surface area (TPSA) is 24.9 Å². The van der Waals surface area contributed by atoms with E-state index in [4.69, 9.17) is 0 Å². The van der Waals surface area contributed by atoms with E-state index in [0.717, 1.165) is 12.5 Å². The van der Waals surface area contributed by atoms with Gasteiger partial charge < -0.3 is 5.32 Å². The van der Waals surface area contributed by atoms with E-state index in [9.17, 15) is 0 Å². The Morgan fingerprint density at radius 1 is 1.24 bits per heavy atom. The van der Waals surface area contributed by atoms with Crippen molar-refractivity contribution in [2.75, 3.05) is 6.54 Å². The predicted octanol–water partition coefficient (Wildman–Crippen LogP) is 3.87. The fourth-order valence-corrected chi connectivity index (χ4v) is 1.97. The van der Waals surface area contributed by atoms with Gasteiger partial charge in [0.05, 0.1) is 0 Å². The van der Waals surface area contributed by atoms with Crippen molar-refractivity contribution in [2.45, 2.75) is 53.0 Å². The molecule has 0 amide bonds. The Balaban J connectivity index is 2.67. The van der Waals surface area contributed by atoms with Crippen molar-refractivity contribution >= 4 is 0 Å². The highest BCUT2D eigenvalue weighted by Crippen LogP contribution is 2.21. The molecule has 1 atom stereocenters. The third-order valence-electron chi connectivity index (χ3n) is 2.97. The molecule has 1 aromatic heterocycles. The molecule has 96 valence electrons. The van der Waals surface area contributed by atoms with Crippen molar-refractivity contribution in [3.05, 3.63) is 29.6 Å². The van der Waals surface area contributed by atoms with Crippen LogP contribution in [-0.4, -0.2) is 11.5 Å². The Bertz CT molecular complexity index is 320. The summed E-state index contributed by atoms with van der Waals surface area (Å²) in [5.41, 5.74) is 2.58. The van der Waals surface area contributed by atoms with E-state index in [1.807, 2.05) is 12.4 Å². The smallest absolute Gasteiger partial charge is 0.0335 e. The molecule has 0 aliphatic rings. The number of nitrogens with zero attached hydrogens (tertiary/aromatic N) is 1. The molecular weight excluding hydrogens is 208 g/mol. The van der Waals surface area contributed by atoms with Crippen LogP contribution >= 0.6 is 0 Å². The van der Waals surface area contributed by atoms with E-state index in [1.54, 1.807) is 0 Å². The first kappa shape index (κ1) is 14.2. The molecule has 0 fully saturated rings. The van der Waals surface area contributed by atoms with E-state index in [2.05, 4.69) is 44.1 Å². The Kier molecular flexibility index (Phi) is 6.20. The Labute approximate surface area is 106 Å². The minimum atomic E-state index is 0.463.